The molecule has 1 aromatic heterocycles. The molecule has 0 saturated carbocycles. The van der Waals surface area contributed by atoms with Gasteiger partial charge in [0.15, 0.2) is 0 Å². The smallest absolute Gasteiger partial charge is 0.0929 e. The number of hydrogen-bond acceptors (Lipinski definition) is 4. The maximum atomic E-state index is 5.15. The molecule has 0 aliphatic rings. The van der Waals surface area contributed by atoms with Gasteiger partial charge in [0.1, 0.15) is 0 Å². The summed E-state index contributed by atoms with van der Waals surface area (Å²) >= 11 is 1.80. The Morgan fingerprint density at radius 3 is 2.80 bits per heavy atom. The van der Waals surface area contributed by atoms with Crippen LogP contribution in [0.15, 0.2) is 0 Å². The number of thiazole rings is 1. The predicted molar refractivity (Wildman–Crippen MR) is 64.2 cm³/mol. The summed E-state index contributed by atoms with van der Waals surface area (Å²) in [4.78, 5) is 5.87. The molecule has 0 radical (unpaired) electrons. The molecule has 0 atom stereocenters. The van der Waals surface area contributed by atoms with Gasteiger partial charge in [0.25, 0.3) is 0 Å². The van der Waals surface area contributed by atoms with Crippen molar-refractivity contribution in [3.63, 3.8) is 0 Å². The van der Waals surface area contributed by atoms with Crippen LogP contribution in [0.2, 0.25) is 0 Å². The van der Waals surface area contributed by atoms with Crippen molar-refractivity contribution < 1.29 is 4.74 Å². The van der Waals surface area contributed by atoms with Crippen molar-refractivity contribution in [1.82, 2.24) is 10.3 Å². The average Bonchev–Trinajstić information content (AvgIpc) is 2.62. The number of nitrogens with one attached hydrogen (secondary N) is 1. The molecule has 4 heteroatoms. The maximum absolute atomic E-state index is 5.15. The van der Waals surface area contributed by atoms with Gasteiger partial charge in [-0.1, -0.05) is 13.8 Å². The first kappa shape index (κ1) is 12.6. The highest BCUT2D eigenvalue weighted by molar-refractivity contribution is 7.11. The Morgan fingerprint density at radius 1 is 1.40 bits per heavy atom. The van der Waals surface area contributed by atoms with E-state index in [2.05, 4.69) is 24.1 Å². The molecule has 0 aliphatic carbocycles. The molecule has 0 aliphatic heterocycles. The number of rotatable bonds is 7. The fourth-order valence-electron chi connectivity index (χ4n) is 1.35. The lowest BCUT2D eigenvalue weighted by Crippen LogP contribution is -2.14. The lowest BCUT2D eigenvalue weighted by atomic mass is 10.3. The normalized spacial score (nSPS) is 10.9. The summed E-state index contributed by atoms with van der Waals surface area (Å²) in [5.74, 6) is 0. The first-order valence-corrected chi connectivity index (χ1v) is 6.30. The fourth-order valence-corrected chi connectivity index (χ4v) is 2.34. The third-order valence-corrected chi connectivity index (χ3v) is 3.36. The van der Waals surface area contributed by atoms with E-state index >= 15 is 0 Å². The van der Waals surface area contributed by atoms with Crippen molar-refractivity contribution in [1.29, 1.82) is 0 Å². The van der Waals surface area contributed by atoms with Gasteiger partial charge in [-0.05, 0) is 19.4 Å². The van der Waals surface area contributed by atoms with E-state index in [1.165, 1.54) is 16.3 Å². The number of aryl methyl sites for hydroxylation is 1. The zero-order valence-electron chi connectivity index (χ0n) is 9.80. The Morgan fingerprint density at radius 2 is 2.20 bits per heavy atom. The molecule has 0 aromatic carbocycles. The number of nitrogens with zero attached hydrogens (tertiary/aromatic N) is 1. The van der Waals surface area contributed by atoms with Crippen LogP contribution in [-0.4, -0.2) is 18.6 Å². The summed E-state index contributed by atoms with van der Waals surface area (Å²) in [5.41, 5.74) is 1.10. The molecule has 1 heterocycles. The Hall–Kier alpha value is -0.450. The molecule has 0 saturated heterocycles. The van der Waals surface area contributed by atoms with E-state index in [0.29, 0.717) is 6.61 Å². The van der Waals surface area contributed by atoms with Crippen LogP contribution in [0.5, 0.6) is 0 Å². The first-order chi connectivity index (χ1) is 7.31. The largest absolute Gasteiger partial charge is 0.378 e. The molecule has 0 fully saturated rings. The van der Waals surface area contributed by atoms with Gasteiger partial charge in [0.2, 0.25) is 0 Å². The summed E-state index contributed by atoms with van der Waals surface area (Å²) in [6.45, 7) is 6.92. The molecule has 1 aromatic rings. The fraction of sp³-hybridized carbons (Fsp3) is 0.727. The van der Waals surface area contributed by atoms with Gasteiger partial charge in [0, 0.05) is 18.5 Å². The van der Waals surface area contributed by atoms with Crippen molar-refractivity contribution in [2.45, 2.75) is 39.8 Å². The van der Waals surface area contributed by atoms with Crippen LogP contribution in [-0.2, 0) is 24.3 Å². The van der Waals surface area contributed by atoms with E-state index in [9.17, 15) is 0 Å². The molecule has 1 rings (SSSR count). The van der Waals surface area contributed by atoms with Crippen LogP contribution < -0.4 is 5.32 Å². The van der Waals surface area contributed by atoms with Crippen molar-refractivity contribution in [2.24, 2.45) is 0 Å². The Bertz CT molecular complexity index is 286. The van der Waals surface area contributed by atoms with E-state index in [0.717, 1.165) is 25.2 Å². The number of ether oxygens (including phenoxy) is 1. The topological polar surface area (TPSA) is 34.2 Å². The van der Waals surface area contributed by atoms with Gasteiger partial charge in [-0.15, -0.1) is 11.3 Å². The van der Waals surface area contributed by atoms with Crippen molar-refractivity contribution in [2.75, 3.05) is 13.7 Å². The predicted octanol–water partition coefficient (Wildman–Crippen LogP) is 2.35. The van der Waals surface area contributed by atoms with Crippen molar-refractivity contribution in [3.8, 4) is 0 Å². The number of hydrogen-bond donors (Lipinski definition) is 1. The molecule has 3 nitrogen and oxygen atoms in total. The monoisotopic (exact) mass is 228 g/mol. The minimum Gasteiger partial charge on any atom is -0.378 e. The molecule has 0 bridgehead atoms. The van der Waals surface area contributed by atoms with E-state index in [-0.39, 0.29) is 0 Å². The highest BCUT2D eigenvalue weighted by Crippen LogP contribution is 2.19. The van der Waals surface area contributed by atoms with Crippen LogP contribution in [0.1, 0.15) is 35.8 Å². The average molecular weight is 228 g/mol. The van der Waals surface area contributed by atoms with Crippen LogP contribution in [0.4, 0.5) is 0 Å². The second kappa shape index (κ2) is 6.93. The maximum Gasteiger partial charge on any atom is 0.0929 e. The van der Waals surface area contributed by atoms with E-state index in [4.69, 9.17) is 4.74 Å². The van der Waals surface area contributed by atoms with Crippen LogP contribution in [0.25, 0.3) is 0 Å². The molecular weight excluding hydrogens is 208 g/mol. The van der Waals surface area contributed by atoms with Crippen LogP contribution >= 0.6 is 11.3 Å². The summed E-state index contributed by atoms with van der Waals surface area (Å²) in [6, 6.07) is 0. The van der Waals surface area contributed by atoms with E-state index < -0.39 is 0 Å². The van der Waals surface area contributed by atoms with Gasteiger partial charge in [-0.3, -0.25) is 0 Å². The molecular formula is C11H20N2OS. The standard InChI is InChI=1S/C11H20N2OS/c1-4-6-12-7-10-9(8-14-3)13-11(5-2)15-10/h12H,4-8H2,1-3H3. The zero-order chi connectivity index (χ0) is 11.1. The third-order valence-electron chi connectivity index (χ3n) is 2.12. The highest BCUT2D eigenvalue weighted by atomic mass is 32.1. The molecule has 0 spiro atoms. The molecule has 86 valence electrons. The molecule has 15 heavy (non-hydrogen) atoms. The van der Waals surface area contributed by atoms with Crippen LogP contribution in [0, 0.1) is 0 Å². The minimum absolute atomic E-state index is 0.625. The zero-order valence-corrected chi connectivity index (χ0v) is 10.6. The van der Waals surface area contributed by atoms with Crippen molar-refractivity contribution >= 4 is 11.3 Å². The van der Waals surface area contributed by atoms with Gasteiger partial charge in [-0.2, -0.15) is 0 Å². The quantitative estimate of drug-likeness (QED) is 0.727. The lowest BCUT2D eigenvalue weighted by molar-refractivity contribution is 0.181. The summed E-state index contributed by atoms with van der Waals surface area (Å²) in [5, 5.41) is 4.61. The number of methoxy groups -OCH3 is 1. The van der Waals surface area contributed by atoms with Gasteiger partial charge >= 0.3 is 0 Å². The second-order valence-electron chi connectivity index (χ2n) is 3.44. The van der Waals surface area contributed by atoms with Crippen LogP contribution in [0.3, 0.4) is 0 Å². The molecule has 0 amide bonds. The molecule has 1 N–H and O–H groups in total. The van der Waals surface area contributed by atoms with Gasteiger partial charge < -0.3 is 10.1 Å². The Kier molecular flexibility index (Phi) is 5.83. The third kappa shape index (κ3) is 3.89. The minimum atomic E-state index is 0.625. The SMILES string of the molecule is CCCNCc1sc(CC)nc1COC. The van der Waals surface area contributed by atoms with E-state index in [1.54, 1.807) is 18.4 Å². The van der Waals surface area contributed by atoms with E-state index in [1.807, 2.05) is 0 Å². The number of aromatic nitrogens is 1. The van der Waals surface area contributed by atoms with Crippen molar-refractivity contribution in [3.05, 3.63) is 15.6 Å². The van der Waals surface area contributed by atoms with Gasteiger partial charge in [-0.25, -0.2) is 4.98 Å². The Labute approximate surface area is 95.9 Å². The summed E-state index contributed by atoms with van der Waals surface area (Å²) < 4.78 is 5.15. The highest BCUT2D eigenvalue weighted by Gasteiger charge is 2.09. The lowest BCUT2D eigenvalue weighted by Gasteiger charge is -2.02. The summed E-state index contributed by atoms with van der Waals surface area (Å²) in [7, 11) is 1.72. The summed E-state index contributed by atoms with van der Waals surface area (Å²) in [6.07, 6.45) is 2.17. The Balaban J connectivity index is 2.61. The van der Waals surface area contributed by atoms with Gasteiger partial charge in [0.05, 0.1) is 17.3 Å². The first-order valence-electron chi connectivity index (χ1n) is 5.48. The second-order valence-corrected chi connectivity index (χ2v) is 4.61. The molecule has 0 unspecified atom stereocenters.